The summed E-state index contributed by atoms with van der Waals surface area (Å²) in [6.45, 7) is 0. The zero-order valence-electron chi connectivity index (χ0n) is 9.22. The van der Waals surface area contributed by atoms with Gasteiger partial charge in [-0.15, -0.1) is 0 Å². The molecule has 2 N–H and O–H groups in total. The van der Waals surface area contributed by atoms with E-state index in [9.17, 15) is 0 Å². The van der Waals surface area contributed by atoms with Gasteiger partial charge in [-0.05, 0) is 18.9 Å². The van der Waals surface area contributed by atoms with Crippen molar-refractivity contribution in [2.75, 3.05) is 5.75 Å². The van der Waals surface area contributed by atoms with Crippen molar-refractivity contribution < 1.29 is 0 Å². The van der Waals surface area contributed by atoms with Crippen molar-refractivity contribution in [2.24, 2.45) is 12.8 Å². The molecule has 0 spiro atoms. The van der Waals surface area contributed by atoms with Gasteiger partial charge in [0.15, 0.2) is 0 Å². The van der Waals surface area contributed by atoms with E-state index in [1.807, 2.05) is 35.8 Å². The van der Waals surface area contributed by atoms with Crippen molar-refractivity contribution in [2.45, 2.75) is 37.0 Å². The summed E-state index contributed by atoms with van der Waals surface area (Å²) in [4.78, 5) is 0. The van der Waals surface area contributed by atoms with E-state index in [2.05, 4.69) is 5.10 Å². The topological polar surface area (TPSA) is 43.8 Å². The highest BCUT2D eigenvalue weighted by Gasteiger charge is 2.17. The summed E-state index contributed by atoms with van der Waals surface area (Å²) in [6.07, 6.45) is 7.50. The molecule has 4 heteroatoms. The molecule has 0 amide bonds. The molecule has 0 aromatic carbocycles. The number of thioether (sulfide) groups is 1. The molecule has 1 aromatic rings. The standard InChI is InChI=1S/C11H19N3S/c1-14-7-6-11(13-14)10(12)8-15-9-4-2-3-5-9/h6-7,9-10H,2-5,8,12H2,1H3. The van der Waals surface area contributed by atoms with Crippen LogP contribution in [0.1, 0.15) is 37.4 Å². The largest absolute Gasteiger partial charge is 0.322 e. The first-order valence-electron chi connectivity index (χ1n) is 5.62. The number of nitrogens with zero attached hydrogens (tertiary/aromatic N) is 2. The predicted molar refractivity (Wildman–Crippen MR) is 64.9 cm³/mol. The van der Waals surface area contributed by atoms with E-state index in [0.717, 1.165) is 16.7 Å². The molecule has 0 bridgehead atoms. The average molecular weight is 225 g/mol. The molecule has 1 aromatic heterocycles. The molecular formula is C11H19N3S. The van der Waals surface area contributed by atoms with E-state index in [4.69, 9.17) is 5.73 Å². The summed E-state index contributed by atoms with van der Waals surface area (Å²) in [7, 11) is 1.93. The van der Waals surface area contributed by atoms with Crippen molar-refractivity contribution >= 4 is 11.8 Å². The van der Waals surface area contributed by atoms with Crippen LogP contribution in [0.25, 0.3) is 0 Å². The Morgan fingerprint density at radius 3 is 2.93 bits per heavy atom. The molecule has 0 aliphatic heterocycles. The lowest BCUT2D eigenvalue weighted by Gasteiger charge is -2.12. The molecule has 1 atom stereocenters. The predicted octanol–water partition coefficient (Wildman–Crippen LogP) is 2.10. The number of rotatable bonds is 4. The lowest BCUT2D eigenvalue weighted by Crippen LogP contribution is -2.15. The van der Waals surface area contributed by atoms with Crippen LogP contribution in [0, 0.1) is 0 Å². The van der Waals surface area contributed by atoms with Crippen LogP contribution in [0.5, 0.6) is 0 Å². The van der Waals surface area contributed by atoms with Gasteiger partial charge in [-0.3, -0.25) is 4.68 Å². The van der Waals surface area contributed by atoms with Crippen molar-refractivity contribution in [1.82, 2.24) is 9.78 Å². The molecule has 0 radical (unpaired) electrons. The first-order chi connectivity index (χ1) is 7.25. The van der Waals surface area contributed by atoms with Gasteiger partial charge >= 0.3 is 0 Å². The molecule has 84 valence electrons. The highest BCUT2D eigenvalue weighted by atomic mass is 32.2. The van der Waals surface area contributed by atoms with Crippen LogP contribution < -0.4 is 5.73 Å². The monoisotopic (exact) mass is 225 g/mol. The zero-order valence-corrected chi connectivity index (χ0v) is 10.0. The number of hydrogen-bond donors (Lipinski definition) is 1. The summed E-state index contributed by atoms with van der Waals surface area (Å²) in [5.74, 6) is 1.00. The molecular weight excluding hydrogens is 206 g/mol. The smallest absolute Gasteiger partial charge is 0.0800 e. The number of hydrogen-bond acceptors (Lipinski definition) is 3. The Morgan fingerprint density at radius 2 is 2.33 bits per heavy atom. The van der Waals surface area contributed by atoms with Crippen LogP contribution in [0.2, 0.25) is 0 Å². The lowest BCUT2D eigenvalue weighted by atomic mass is 10.3. The molecule has 0 saturated heterocycles. The summed E-state index contributed by atoms with van der Waals surface area (Å²) in [5.41, 5.74) is 7.11. The molecule has 3 nitrogen and oxygen atoms in total. The minimum Gasteiger partial charge on any atom is -0.322 e. The van der Waals surface area contributed by atoms with E-state index in [0.29, 0.717) is 0 Å². The number of aromatic nitrogens is 2. The third-order valence-electron chi connectivity index (χ3n) is 2.93. The number of nitrogens with two attached hydrogens (primary N) is 1. The quantitative estimate of drug-likeness (QED) is 0.853. The van der Waals surface area contributed by atoms with Gasteiger partial charge in [0.1, 0.15) is 0 Å². The Bertz CT molecular complexity index is 305. The highest BCUT2D eigenvalue weighted by Crippen LogP contribution is 2.31. The van der Waals surface area contributed by atoms with Crippen LogP contribution in [0.3, 0.4) is 0 Å². The van der Waals surface area contributed by atoms with Crippen molar-refractivity contribution in [3.63, 3.8) is 0 Å². The summed E-state index contributed by atoms with van der Waals surface area (Å²) < 4.78 is 1.81. The second-order valence-electron chi connectivity index (χ2n) is 4.26. The van der Waals surface area contributed by atoms with Gasteiger partial charge in [-0.2, -0.15) is 16.9 Å². The van der Waals surface area contributed by atoms with E-state index in [1.165, 1.54) is 25.7 Å². The third kappa shape index (κ3) is 2.98. The molecule has 1 heterocycles. The minimum atomic E-state index is 0.0943. The first-order valence-corrected chi connectivity index (χ1v) is 6.67. The van der Waals surface area contributed by atoms with E-state index in [1.54, 1.807) is 0 Å². The maximum Gasteiger partial charge on any atom is 0.0800 e. The Morgan fingerprint density at radius 1 is 1.60 bits per heavy atom. The van der Waals surface area contributed by atoms with Gasteiger partial charge in [0.25, 0.3) is 0 Å². The maximum absolute atomic E-state index is 6.09. The molecule has 1 fully saturated rings. The molecule has 1 aliphatic rings. The summed E-state index contributed by atoms with van der Waals surface area (Å²) in [5, 5.41) is 5.18. The fraction of sp³-hybridized carbons (Fsp3) is 0.727. The molecule has 2 rings (SSSR count). The van der Waals surface area contributed by atoms with Gasteiger partial charge in [-0.25, -0.2) is 0 Å². The van der Waals surface area contributed by atoms with Gasteiger partial charge in [0.05, 0.1) is 11.7 Å². The number of aryl methyl sites for hydroxylation is 1. The molecule has 1 saturated carbocycles. The molecule has 1 aliphatic carbocycles. The van der Waals surface area contributed by atoms with Gasteiger partial charge < -0.3 is 5.73 Å². The highest BCUT2D eigenvalue weighted by molar-refractivity contribution is 7.99. The lowest BCUT2D eigenvalue weighted by molar-refractivity contribution is 0.702. The van der Waals surface area contributed by atoms with Crippen LogP contribution >= 0.6 is 11.8 Å². The maximum atomic E-state index is 6.09. The minimum absolute atomic E-state index is 0.0943. The Kier molecular flexibility index (Phi) is 3.70. The Hall–Kier alpha value is -0.480. The van der Waals surface area contributed by atoms with Gasteiger partial charge in [-0.1, -0.05) is 12.8 Å². The Labute approximate surface area is 95.4 Å². The van der Waals surface area contributed by atoms with E-state index < -0.39 is 0 Å². The average Bonchev–Trinajstić information content (AvgIpc) is 2.84. The van der Waals surface area contributed by atoms with Crippen molar-refractivity contribution in [3.05, 3.63) is 18.0 Å². The normalized spacial score (nSPS) is 19.6. The fourth-order valence-electron chi connectivity index (χ4n) is 2.01. The van der Waals surface area contributed by atoms with Crippen LogP contribution in [0.4, 0.5) is 0 Å². The van der Waals surface area contributed by atoms with Crippen LogP contribution in [-0.4, -0.2) is 20.8 Å². The van der Waals surface area contributed by atoms with E-state index in [-0.39, 0.29) is 6.04 Å². The third-order valence-corrected chi connectivity index (χ3v) is 4.42. The first kappa shape index (κ1) is 11.0. The second-order valence-corrected chi connectivity index (χ2v) is 5.59. The zero-order chi connectivity index (χ0) is 10.7. The van der Waals surface area contributed by atoms with Crippen LogP contribution in [-0.2, 0) is 7.05 Å². The van der Waals surface area contributed by atoms with Gasteiger partial charge in [0.2, 0.25) is 0 Å². The van der Waals surface area contributed by atoms with Crippen molar-refractivity contribution in [3.8, 4) is 0 Å². The van der Waals surface area contributed by atoms with Gasteiger partial charge in [0, 0.05) is 24.2 Å². The Balaban J connectivity index is 1.79. The van der Waals surface area contributed by atoms with Crippen LogP contribution in [0.15, 0.2) is 12.3 Å². The fourth-order valence-corrected chi connectivity index (χ4v) is 3.33. The summed E-state index contributed by atoms with van der Waals surface area (Å²) in [6, 6.07) is 2.11. The molecule has 1 unspecified atom stereocenters. The molecule has 15 heavy (non-hydrogen) atoms. The second kappa shape index (κ2) is 5.03. The SMILES string of the molecule is Cn1ccc(C(N)CSC2CCCC2)n1. The van der Waals surface area contributed by atoms with Crippen molar-refractivity contribution in [1.29, 1.82) is 0 Å². The van der Waals surface area contributed by atoms with E-state index >= 15 is 0 Å². The summed E-state index contributed by atoms with van der Waals surface area (Å²) >= 11 is 2.02.